The van der Waals surface area contributed by atoms with Crippen LogP contribution in [0.2, 0.25) is 10.0 Å². The van der Waals surface area contributed by atoms with Gasteiger partial charge in [0.05, 0.1) is 5.75 Å². The lowest BCUT2D eigenvalue weighted by molar-refractivity contribution is -0.139. The number of thioether (sulfide) groups is 1. The lowest BCUT2D eigenvalue weighted by Gasteiger charge is -2.32. The van der Waals surface area contributed by atoms with Crippen LogP contribution >= 0.6 is 35.0 Å². The summed E-state index contributed by atoms with van der Waals surface area (Å²) in [6.07, 6.45) is 2.33. The van der Waals surface area contributed by atoms with Gasteiger partial charge in [0.1, 0.15) is 6.04 Å². The number of hydrogen-bond acceptors (Lipinski definition) is 3. The molecular formula is C30H34Cl2N2O2S. The van der Waals surface area contributed by atoms with Crippen LogP contribution in [0.4, 0.5) is 0 Å². The van der Waals surface area contributed by atoms with Gasteiger partial charge in [-0.2, -0.15) is 0 Å². The molecule has 0 saturated carbocycles. The Balaban J connectivity index is 1.84. The minimum Gasteiger partial charge on any atom is -0.354 e. The van der Waals surface area contributed by atoms with Crippen molar-refractivity contribution in [1.82, 2.24) is 10.2 Å². The van der Waals surface area contributed by atoms with E-state index in [0.717, 1.165) is 35.1 Å². The van der Waals surface area contributed by atoms with Crippen LogP contribution in [0.3, 0.4) is 0 Å². The average Bonchev–Trinajstić information content (AvgIpc) is 2.89. The molecular weight excluding hydrogens is 523 g/mol. The van der Waals surface area contributed by atoms with E-state index < -0.39 is 6.04 Å². The van der Waals surface area contributed by atoms with Crippen LogP contribution in [0.1, 0.15) is 42.0 Å². The van der Waals surface area contributed by atoms with E-state index in [0.29, 0.717) is 35.3 Å². The molecule has 0 aliphatic rings. The molecule has 37 heavy (non-hydrogen) atoms. The van der Waals surface area contributed by atoms with Crippen molar-refractivity contribution in [2.75, 3.05) is 12.3 Å². The summed E-state index contributed by atoms with van der Waals surface area (Å²) < 4.78 is 0. The molecule has 0 heterocycles. The number of aryl methyl sites for hydroxylation is 1. The van der Waals surface area contributed by atoms with Gasteiger partial charge in [-0.15, -0.1) is 11.8 Å². The molecule has 0 aromatic heterocycles. The van der Waals surface area contributed by atoms with Gasteiger partial charge >= 0.3 is 0 Å². The third-order valence-electron chi connectivity index (χ3n) is 6.20. The molecule has 0 unspecified atom stereocenters. The van der Waals surface area contributed by atoms with E-state index in [1.54, 1.807) is 17.0 Å². The van der Waals surface area contributed by atoms with Crippen LogP contribution in [0.25, 0.3) is 0 Å². The Hall–Kier alpha value is -2.47. The van der Waals surface area contributed by atoms with Crippen molar-refractivity contribution in [3.8, 4) is 0 Å². The summed E-state index contributed by atoms with van der Waals surface area (Å²) in [5.74, 6) is 0.611. The number of carbonyl (C=O) groups excluding carboxylic acids is 2. The van der Waals surface area contributed by atoms with Crippen LogP contribution in [-0.2, 0) is 28.3 Å². The molecule has 0 fully saturated rings. The van der Waals surface area contributed by atoms with Crippen LogP contribution in [0, 0.1) is 6.92 Å². The van der Waals surface area contributed by atoms with Gasteiger partial charge in [0, 0.05) is 35.3 Å². The molecule has 0 aliphatic carbocycles. The van der Waals surface area contributed by atoms with Crippen molar-refractivity contribution in [3.05, 3.63) is 105 Å². The molecule has 0 bridgehead atoms. The maximum absolute atomic E-state index is 13.7. The average molecular weight is 558 g/mol. The SMILES string of the molecule is CCCCNC(=O)[C@H](Cc1ccccc1)N(Cc1ccccc1C)C(=O)CSCc1ccc(Cl)cc1Cl. The fourth-order valence-corrected chi connectivity index (χ4v) is 5.47. The first-order chi connectivity index (χ1) is 17.9. The predicted molar refractivity (Wildman–Crippen MR) is 156 cm³/mol. The molecule has 4 nitrogen and oxygen atoms in total. The summed E-state index contributed by atoms with van der Waals surface area (Å²) in [6.45, 7) is 5.08. The van der Waals surface area contributed by atoms with Crippen LogP contribution in [0.15, 0.2) is 72.8 Å². The van der Waals surface area contributed by atoms with Crippen LogP contribution < -0.4 is 5.32 Å². The highest BCUT2D eigenvalue weighted by molar-refractivity contribution is 7.99. The monoisotopic (exact) mass is 556 g/mol. The van der Waals surface area contributed by atoms with Gasteiger partial charge in [0.25, 0.3) is 0 Å². The van der Waals surface area contributed by atoms with Crippen molar-refractivity contribution >= 4 is 46.8 Å². The summed E-state index contributed by atoms with van der Waals surface area (Å²) in [6, 6.07) is 22.6. The zero-order chi connectivity index (χ0) is 26.6. The van der Waals surface area contributed by atoms with Crippen molar-refractivity contribution in [2.45, 2.75) is 51.4 Å². The van der Waals surface area contributed by atoms with Crippen molar-refractivity contribution in [3.63, 3.8) is 0 Å². The molecule has 1 atom stereocenters. The lowest BCUT2D eigenvalue weighted by Crippen LogP contribution is -2.51. The summed E-state index contributed by atoms with van der Waals surface area (Å²) in [7, 11) is 0. The zero-order valence-electron chi connectivity index (χ0n) is 21.4. The summed E-state index contributed by atoms with van der Waals surface area (Å²) in [5, 5.41) is 4.23. The Bertz CT molecular complexity index is 1170. The molecule has 0 saturated heterocycles. The quantitative estimate of drug-likeness (QED) is 0.228. The first-order valence-corrected chi connectivity index (χ1v) is 14.5. The number of nitrogens with zero attached hydrogens (tertiary/aromatic N) is 1. The van der Waals surface area contributed by atoms with Gasteiger partial charge < -0.3 is 10.2 Å². The largest absolute Gasteiger partial charge is 0.354 e. The first kappa shape index (κ1) is 29.1. The van der Waals surface area contributed by atoms with Gasteiger partial charge in [0.2, 0.25) is 11.8 Å². The van der Waals surface area contributed by atoms with E-state index in [1.807, 2.05) is 67.6 Å². The van der Waals surface area contributed by atoms with E-state index in [-0.39, 0.29) is 17.6 Å². The van der Waals surface area contributed by atoms with E-state index >= 15 is 0 Å². The molecule has 7 heteroatoms. The zero-order valence-corrected chi connectivity index (χ0v) is 23.7. The van der Waals surface area contributed by atoms with E-state index in [4.69, 9.17) is 23.2 Å². The maximum atomic E-state index is 13.7. The molecule has 0 aliphatic heterocycles. The minimum atomic E-state index is -0.619. The third-order valence-corrected chi connectivity index (χ3v) is 7.75. The second-order valence-electron chi connectivity index (χ2n) is 9.03. The Labute approximate surface area is 234 Å². The highest BCUT2D eigenvalue weighted by atomic mass is 35.5. The number of amides is 2. The number of unbranched alkanes of at least 4 members (excludes halogenated alkanes) is 1. The molecule has 196 valence electrons. The van der Waals surface area contributed by atoms with Crippen LogP contribution in [0.5, 0.6) is 0 Å². The molecule has 3 rings (SSSR count). The first-order valence-electron chi connectivity index (χ1n) is 12.6. The number of nitrogens with one attached hydrogen (secondary N) is 1. The topological polar surface area (TPSA) is 49.4 Å². The third kappa shape index (κ3) is 9.10. The normalized spacial score (nSPS) is 11.7. The number of carbonyl (C=O) groups is 2. The number of hydrogen-bond donors (Lipinski definition) is 1. The molecule has 0 radical (unpaired) electrons. The van der Waals surface area contributed by atoms with Crippen molar-refractivity contribution < 1.29 is 9.59 Å². The van der Waals surface area contributed by atoms with E-state index in [2.05, 4.69) is 12.2 Å². The Morgan fingerprint density at radius 1 is 0.973 bits per heavy atom. The fourth-order valence-electron chi connectivity index (χ4n) is 4.00. The predicted octanol–water partition coefficient (Wildman–Crippen LogP) is 7.09. The molecule has 1 N–H and O–H groups in total. The second-order valence-corrected chi connectivity index (χ2v) is 10.9. The van der Waals surface area contributed by atoms with Crippen molar-refractivity contribution in [2.24, 2.45) is 0 Å². The second kappa shape index (κ2) is 15.1. The summed E-state index contributed by atoms with van der Waals surface area (Å²) in [4.78, 5) is 28.9. The molecule has 2 amide bonds. The highest BCUT2D eigenvalue weighted by Gasteiger charge is 2.30. The maximum Gasteiger partial charge on any atom is 0.243 e. The van der Waals surface area contributed by atoms with E-state index in [1.165, 1.54) is 11.8 Å². The van der Waals surface area contributed by atoms with Crippen molar-refractivity contribution in [1.29, 1.82) is 0 Å². The standard InChI is InChI=1S/C30H34Cl2N2O2S/c1-3-4-16-33-30(36)28(17-23-11-6-5-7-12-23)34(19-24-13-9-8-10-22(24)2)29(35)21-37-20-25-14-15-26(31)18-27(25)32/h5-15,18,28H,3-4,16-17,19-21H2,1-2H3,(H,33,36)/t28-/m0/s1. The smallest absolute Gasteiger partial charge is 0.243 e. The molecule has 3 aromatic carbocycles. The van der Waals surface area contributed by atoms with Crippen LogP contribution in [-0.4, -0.2) is 35.1 Å². The highest BCUT2D eigenvalue weighted by Crippen LogP contribution is 2.25. The fraction of sp³-hybridized carbons (Fsp3) is 0.333. The summed E-state index contributed by atoms with van der Waals surface area (Å²) >= 11 is 13.8. The van der Waals surface area contributed by atoms with Gasteiger partial charge in [-0.3, -0.25) is 9.59 Å². The lowest BCUT2D eigenvalue weighted by atomic mass is 10.0. The summed E-state index contributed by atoms with van der Waals surface area (Å²) in [5.41, 5.74) is 4.06. The minimum absolute atomic E-state index is 0.0788. The van der Waals surface area contributed by atoms with Gasteiger partial charge in [0.15, 0.2) is 0 Å². The molecule has 3 aromatic rings. The van der Waals surface area contributed by atoms with Gasteiger partial charge in [-0.25, -0.2) is 0 Å². The number of halogens is 2. The van der Waals surface area contributed by atoms with E-state index in [9.17, 15) is 9.59 Å². The Kier molecular flexibility index (Phi) is 11.8. The van der Waals surface area contributed by atoms with Gasteiger partial charge in [-0.1, -0.05) is 97.2 Å². The number of rotatable bonds is 13. The Morgan fingerprint density at radius 2 is 1.70 bits per heavy atom. The Morgan fingerprint density at radius 3 is 2.41 bits per heavy atom. The van der Waals surface area contributed by atoms with Gasteiger partial charge in [-0.05, 0) is 47.7 Å². The number of benzene rings is 3. The molecule has 0 spiro atoms.